The van der Waals surface area contributed by atoms with Crippen molar-refractivity contribution in [3.05, 3.63) is 50.6 Å². The van der Waals surface area contributed by atoms with Crippen LogP contribution in [0, 0.1) is 13.8 Å². The summed E-state index contributed by atoms with van der Waals surface area (Å²) in [5, 5.41) is 4.08. The molecule has 0 aliphatic carbocycles. The van der Waals surface area contributed by atoms with Crippen molar-refractivity contribution >= 4 is 50.7 Å². The monoisotopic (exact) mass is 443 g/mol. The molecule has 158 valence electrons. The maximum atomic E-state index is 13.1. The smallest absolute Gasteiger partial charge is 0.263 e. The van der Waals surface area contributed by atoms with Crippen molar-refractivity contribution in [1.29, 1.82) is 0 Å². The van der Waals surface area contributed by atoms with Crippen LogP contribution in [0.1, 0.15) is 47.5 Å². The molecular weight excluding hydrogens is 418 g/mol. The van der Waals surface area contributed by atoms with Crippen LogP contribution >= 0.6 is 23.1 Å². The largest absolute Gasteiger partial charge is 0.325 e. The number of aromatic nitrogens is 2. The Morgan fingerprint density at radius 1 is 1.20 bits per heavy atom. The molecule has 0 saturated carbocycles. The Hall–Kier alpha value is -2.45. The van der Waals surface area contributed by atoms with Crippen LogP contribution in [0.15, 0.2) is 34.2 Å². The highest BCUT2D eigenvalue weighted by Gasteiger charge is 2.17. The third-order valence-electron chi connectivity index (χ3n) is 4.90. The maximum absolute atomic E-state index is 13.1. The van der Waals surface area contributed by atoms with Gasteiger partial charge in [0.1, 0.15) is 4.83 Å². The third-order valence-corrected chi connectivity index (χ3v) is 6.97. The van der Waals surface area contributed by atoms with Crippen LogP contribution in [-0.4, -0.2) is 27.0 Å². The normalized spacial score (nSPS) is 11.1. The summed E-state index contributed by atoms with van der Waals surface area (Å²) in [5.74, 6) is -0.0680. The molecule has 3 rings (SSSR count). The Bertz CT molecular complexity index is 1150. The number of nitrogens with one attached hydrogen (secondary N) is 1. The molecule has 1 amide bonds. The van der Waals surface area contributed by atoms with Crippen molar-refractivity contribution in [2.75, 3.05) is 11.1 Å². The first-order valence-corrected chi connectivity index (χ1v) is 11.7. The number of amides is 1. The number of benzene rings is 1. The summed E-state index contributed by atoms with van der Waals surface area (Å²) in [7, 11) is 0. The van der Waals surface area contributed by atoms with Crippen molar-refractivity contribution in [1.82, 2.24) is 9.55 Å². The molecule has 0 spiro atoms. The first-order chi connectivity index (χ1) is 14.3. The summed E-state index contributed by atoms with van der Waals surface area (Å²) in [4.78, 5) is 43.4. The molecule has 0 unspecified atom stereocenters. The fourth-order valence-electron chi connectivity index (χ4n) is 3.05. The molecule has 30 heavy (non-hydrogen) atoms. The average molecular weight is 444 g/mol. The van der Waals surface area contributed by atoms with Crippen LogP contribution in [0.25, 0.3) is 10.2 Å². The molecule has 0 aliphatic heterocycles. The molecule has 0 atom stereocenters. The molecule has 0 aliphatic rings. The predicted octanol–water partition coefficient (Wildman–Crippen LogP) is 4.81. The van der Waals surface area contributed by atoms with Gasteiger partial charge in [0.15, 0.2) is 10.9 Å². The highest BCUT2D eigenvalue weighted by atomic mass is 32.2. The number of unbranched alkanes of at least 4 members (excludes halogenated alkanes) is 1. The number of aryl methyl sites for hydroxylation is 2. The Morgan fingerprint density at radius 2 is 1.90 bits per heavy atom. The molecule has 2 aromatic heterocycles. The molecule has 2 heterocycles. The standard InChI is InChI=1S/C22H25N3O3S2/c1-5-6-11-25-21(28)19-13(2)15(4)30-20(19)24-22(25)29-12-18(27)23-17-9-7-16(8-10-17)14(3)26/h7-10H,5-6,11-12H2,1-4H3,(H,23,27). The second-order valence-corrected chi connectivity index (χ2v) is 9.28. The summed E-state index contributed by atoms with van der Waals surface area (Å²) in [6.07, 6.45) is 1.84. The first kappa shape index (κ1) is 22.2. The summed E-state index contributed by atoms with van der Waals surface area (Å²) >= 11 is 2.78. The Kier molecular flexibility index (Phi) is 7.10. The van der Waals surface area contributed by atoms with Crippen molar-refractivity contribution in [2.45, 2.75) is 52.2 Å². The van der Waals surface area contributed by atoms with Crippen molar-refractivity contribution < 1.29 is 9.59 Å². The Balaban J connectivity index is 1.79. The number of fused-ring (bicyclic) bond motifs is 1. The number of nitrogens with zero attached hydrogens (tertiary/aromatic N) is 2. The van der Waals surface area contributed by atoms with E-state index >= 15 is 0 Å². The van der Waals surface area contributed by atoms with Gasteiger partial charge in [0, 0.05) is 22.7 Å². The van der Waals surface area contributed by atoms with E-state index in [1.54, 1.807) is 28.8 Å². The van der Waals surface area contributed by atoms with Crippen molar-refractivity contribution in [3.8, 4) is 0 Å². The fourth-order valence-corrected chi connectivity index (χ4v) is 4.94. The van der Waals surface area contributed by atoms with Crippen LogP contribution in [0.4, 0.5) is 5.69 Å². The molecule has 0 bridgehead atoms. The quantitative estimate of drug-likeness (QED) is 0.307. The number of hydrogen-bond acceptors (Lipinski definition) is 6. The van der Waals surface area contributed by atoms with Crippen LogP contribution < -0.4 is 10.9 Å². The lowest BCUT2D eigenvalue weighted by atomic mass is 10.1. The fraction of sp³-hybridized carbons (Fsp3) is 0.364. The lowest BCUT2D eigenvalue weighted by molar-refractivity contribution is -0.113. The number of hydrogen-bond donors (Lipinski definition) is 1. The van der Waals surface area contributed by atoms with Gasteiger partial charge in [-0.3, -0.25) is 19.0 Å². The predicted molar refractivity (Wildman–Crippen MR) is 124 cm³/mol. The summed E-state index contributed by atoms with van der Waals surface area (Å²) in [6.45, 7) is 8.12. The zero-order valence-electron chi connectivity index (χ0n) is 17.6. The van der Waals surface area contributed by atoms with Gasteiger partial charge in [-0.25, -0.2) is 4.98 Å². The molecule has 0 saturated heterocycles. The SMILES string of the molecule is CCCCn1c(SCC(=O)Nc2ccc(C(C)=O)cc2)nc2sc(C)c(C)c2c1=O. The summed E-state index contributed by atoms with van der Waals surface area (Å²) < 4.78 is 1.70. The van der Waals surface area contributed by atoms with E-state index < -0.39 is 0 Å². The minimum absolute atomic E-state index is 0.0194. The molecule has 0 radical (unpaired) electrons. The van der Waals surface area contributed by atoms with Crippen LogP contribution in [0.2, 0.25) is 0 Å². The van der Waals surface area contributed by atoms with Gasteiger partial charge in [-0.15, -0.1) is 11.3 Å². The van der Waals surface area contributed by atoms with E-state index in [9.17, 15) is 14.4 Å². The second-order valence-electron chi connectivity index (χ2n) is 7.14. The number of thiophene rings is 1. The number of anilines is 1. The molecular formula is C22H25N3O3S2. The van der Waals surface area contributed by atoms with Gasteiger partial charge in [-0.2, -0.15) is 0 Å². The zero-order valence-corrected chi connectivity index (χ0v) is 19.2. The van der Waals surface area contributed by atoms with E-state index in [0.29, 0.717) is 28.3 Å². The molecule has 8 heteroatoms. The van der Waals surface area contributed by atoms with Crippen LogP contribution in [0.5, 0.6) is 0 Å². The molecule has 0 fully saturated rings. The zero-order chi connectivity index (χ0) is 21.8. The second kappa shape index (κ2) is 9.57. The first-order valence-electron chi connectivity index (χ1n) is 9.86. The lowest BCUT2D eigenvalue weighted by Gasteiger charge is -2.12. The number of thioether (sulfide) groups is 1. The van der Waals surface area contributed by atoms with Crippen molar-refractivity contribution in [2.24, 2.45) is 0 Å². The highest BCUT2D eigenvalue weighted by molar-refractivity contribution is 7.99. The number of rotatable bonds is 8. The van der Waals surface area contributed by atoms with E-state index in [0.717, 1.165) is 28.1 Å². The van der Waals surface area contributed by atoms with Gasteiger partial charge in [-0.05, 0) is 57.0 Å². The number of ketones is 1. The summed E-state index contributed by atoms with van der Waals surface area (Å²) in [5.41, 5.74) is 2.18. The van der Waals surface area contributed by atoms with Gasteiger partial charge in [0.05, 0.1) is 11.1 Å². The van der Waals surface area contributed by atoms with E-state index in [-0.39, 0.29) is 23.0 Å². The molecule has 1 N–H and O–H groups in total. The van der Waals surface area contributed by atoms with Crippen LogP contribution in [0.3, 0.4) is 0 Å². The van der Waals surface area contributed by atoms with Crippen LogP contribution in [-0.2, 0) is 11.3 Å². The van der Waals surface area contributed by atoms with Gasteiger partial charge in [-0.1, -0.05) is 25.1 Å². The Morgan fingerprint density at radius 3 is 2.53 bits per heavy atom. The van der Waals surface area contributed by atoms with E-state index in [2.05, 4.69) is 12.2 Å². The van der Waals surface area contributed by atoms with E-state index in [1.807, 2.05) is 13.8 Å². The van der Waals surface area contributed by atoms with Gasteiger partial charge < -0.3 is 5.32 Å². The minimum Gasteiger partial charge on any atom is -0.325 e. The van der Waals surface area contributed by atoms with Gasteiger partial charge in [0.2, 0.25) is 5.91 Å². The van der Waals surface area contributed by atoms with Crippen molar-refractivity contribution in [3.63, 3.8) is 0 Å². The number of Topliss-reactive ketones (excluding diaryl/α,β-unsaturated/α-hetero) is 1. The maximum Gasteiger partial charge on any atom is 0.263 e. The number of carbonyl (C=O) groups excluding carboxylic acids is 2. The van der Waals surface area contributed by atoms with E-state index in [1.165, 1.54) is 30.0 Å². The topological polar surface area (TPSA) is 81.1 Å². The highest BCUT2D eigenvalue weighted by Crippen LogP contribution is 2.28. The molecule has 6 nitrogen and oxygen atoms in total. The van der Waals surface area contributed by atoms with Gasteiger partial charge in [0.25, 0.3) is 5.56 Å². The van der Waals surface area contributed by atoms with Gasteiger partial charge >= 0.3 is 0 Å². The molecule has 1 aromatic carbocycles. The number of carbonyl (C=O) groups is 2. The molecule has 3 aromatic rings. The minimum atomic E-state index is -0.189. The average Bonchev–Trinajstić information content (AvgIpc) is 3.00. The lowest BCUT2D eigenvalue weighted by Crippen LogP contribution is -2.24. The Labute approximate surface area is 183 Å². The third kappa shape index (κ3) is 4.82. The van der Waals surface area contributed by atoms with E-state index in [4.69, 9.17) is 4.98 Å². The summed E-state index contributed by atoms with van der Waals surface area (Å²) in [6, 6.07) is 6.78.